The second-order valence-corrected chi connectivity index (χ2v) is 6.18. The summed E-state index contributed by atoms with van der Waals surface area (Å²) in [6.45, 7) is 3.52. The normalized spacial score (nSPS) is 25.3. The number of piperidine rings is 1. The molecule has 1 aromatic heterocycles. The van der Waals surface area contributed by atoms with Crippen molar-refractivity contribution in [3.05, 3.63) is 24.1 Å². The summed E-state index contributed by atoms with van der Waals surface area (Å²) in [5.74, 6) is 0.651. The second-order valence-electron chi connectivity index (χ2n) is 6.18. The Morgan fingerprint density at radius 1 is 1.36 bits per heavy atom. The number of rotatable bonds is 4. The van der Waals surface area contributed by atoms with Gasteiger partial charge in [0.1, 0.15) is 11.6 Å². The number of hydrogen-bond acceptors (Lipinski definition) is 4. The predicted molar refractivity (Wildman–Crippen MR) is 81.1 cm³/mol. The summed E-state index contributed by atoms with van der Waals surface area (Å²) in [5, 5.41) is 0. The number of carbonyl (C=O) groups excluding carboxylic acids is 1. The SMILES string of the molecule is COCCN1CCCC2(CCN(c3ccc(F)cn3)C2)C1=O. The van der Waals surface area contributed by atoms with Gasteiger partial charge in [-0.25, -0.2) is 9.37 Å². The summed E-state index contributed by atoms with van der Waals surface area (Å²) in [6.07, 6.45) is 4.02. The number of anilines is 1. The van der Waals surface area contributed by atoms with E-state index in [0.29, 0.717) is 19.7 Å². The Morgan fingerprint density at radius 2 is 2.23 bits per heavy atom. The van der Waals surface area contributed by atoms with Crippen molar-refractivity contribution >= 4 is 11.7 Å². The summed E-state index contributed by atoms with van der Waals surface area (Å²) in [5.41, 5.74) is -0.304. The van der Waals surface area contributed by atoms with Gasteiger partial charge in [0.25, 0.3) is 0 Å². The predicted octanol–water partition coefficient (Wildman–Crippen LogP) is 1.69. The van der Waals surface area contributed by atoms with Crippen molar-refractivity contribution in [3.8, 4) is 0 Å². The van der Waals surface area contributed by atoms with Gasteiger partial charge in [-0.3, -0.25) is 4.79 Å². The monoisotopic (exact) mass is 307 g/mol. The van der Waals surface area contributed by atoms with Crippen LogP contribution in [0.15, 0.2) is 18.3 Å². The Morgan fingerprint density at radius 3 is 2.95 bits per heavy atom. The van der Waals surface area contributed by atoms with E-state index in [1.165, 1.54) is 12.3 Å². The van der Waals surface area contributed by atoms with Gasteiger partial charge in [-0.15, -0.1) is 0 Å². The van der Waals surface area contributed by atoms with Crippen molar-refractivity contribution in [2.24, 2.45) is 5.41 Å². The zero-order valence-electron chi connectivity index (χ0n) is 12.9. The van der Waals surface area contributed by atoms with Gasteiger partial charge in [-0.1, -0.05) is 0 Å². The van der Waals surface area contributed by atoms with Crippen molar-refractivity contribution in [2.45, 2.75) is 19.3 Å². The fourth-order valence-corrected chi connectivity index (χ4v) is 3.57. The first kappa shape index (κ1) is 15.2. The Kier molecular flexibility index (Phi) is 4.29. The second kappa shape index (κ2) is 6.20. The zero-order chi connectivity index (χ0) is 15.6. The largest absolute Gasteiger partial charge is 0.383 e. The fraction of sp³-hybridized carbons (Fsp3) is 0.625. The number of carbonyl (C=O) groups is 1. The molecule has 1 unspecified atom stereocenters. The van der Waals surface area contributed by atoms with Crippen molar-refractivity contribution in [3.63, 3.8) is 0 Å². The van der Waals surface area contributed by atoms with E-state index < -0.39 is 0 Å². The Hall–Kier alpha value is -1.69. The molecule has 0 aromatic carbocycles. The Balaban J connectivity index is 1.71. The molecule has 2 aliphatic rings. The summed E-state index contributed by atoms with van der Waals surface area (Å²) in [7, 11) is 1.65. The smallest absolute Gasteiger partial charge is 0.230 e. The molecule has 0 radical (unpaired) electrons. The van der Waals surface area contributed by atoms with Gasteiger partial charge in [0.15, 0.2) is 0 Å². The molecule has 6 heteroatoms. The molecule has 22 heavy (non-hydrogen) atoms. The summed E-state index contributed by atoms with van der Waals surface area (Å²) in [6, 6.07) is 3.10. The van der Waals surface area contributed by atoms with Crippen LogP contribution < -0.4 is 4.90 Å². The average molecular weight is 307 g/mol. The lowest BCUT2D eigenvalue weighted by atomic mass is 9.78. The first-order chi connectivity index (χ1) is 10.6. The van der Waals surface area contributed by atoms with E-state index >= 15 is 0 Å². The first-order valence-electron chi connectivity index (χ1n) is 7.79. The number of aromatic nitrogens is 1. The van der Waals surface area contributed by atoms with Gasteiger partial charge >= 0.3 is 0 Å². The molecule has 1 aromatic rings. The maximum absolute atomic E-state index is 13.0. The zero-order valence-corrected chi connectivity index (χ0v) is 12.9. The standard InChI is InChI=1S/C16H22FN3O2/c1-22-10-9-19-7-2-5-16(15(19)21)6-8-20(12-16)14-4-3-13(17)11-18-14/h3-4,11H,2,5-10,12H2,1H3. The number of likely N-dealkylation sites (tertiary alicyclic amines) is 1. The molecule has 2 aliphatic heterocycles. The van der Waals surface area contributed by atoms with Crippen LogP contribution in [0.5, 0.6) is 0 Å². The molecule has 0 bridgehead atoms. The highest BCUT2D eigenvalue weighted by Gasteiger charge is 2.48. The molecule has 1 atom stereocenters. The molecule has 0 N–H and O–H groups in total. The van der Waals surface area contributed by atoms with Crippen LogP contribution in [-0.4, -0.2) is 55.7 Å². The van der Waals surface area contributed by atoms with Crippen LogP contribution in [0.2, 0.25) is 0 Å². The highest BCUT2D eigenvalue weighted by atomic mass is 19.1. The molecule has 2 fully saturated rings. The summed E-state index contributed by atoms with van der Waals surface area (Å²) in [4.78, 5) is 21.0. The van der Waals surface area contributed by atoms with Crippen LogP contribution in [0, 0.1) is 11.2 Å². The van der Waals surface area contributed by atoms with E-state index in [2.05, 4.69) is 9.88 Å². The quantitative estimate of drug-likeness (QED) is 0.849. The van der Waals surface area contributed by atoms with Crippen LogP contribution in [-0.2, 0) is 9.53 Å². The van der Waals surface area contributed by atoms with E-state index in [0.717, 1.165) is 38.2 Å². The van der Waals surface area contributed by atoms with Crippen LogP contribution in [0.25, 0.3) is 0 Å². The van der Waals surface area contributed by atoms with E-state index in [4.69, 9.17) is 4.74 Å². The highest BCUT2D eigenvalue weighted by Crippen LogP contribution is 2.41. The number of nitrogens with zero attached hydrogens (tertiary/aromatic N) is 3. The van der Waals surface area contributed by atoms with Crippen molar-refractivity contribution < 1.29 is 13.9 Å². The minimum absolute atomic E-state index is 0.236. The topological polar surface area (TPSA) is 45.7 Å². The number of hydrogen-bond donors (Lipinski definition) is 0. The number of methoxy groups -OCH3 is 1. The molecule has 3 rings (SSSR count). The first-order valence-corrected chi connectivity index (χ1v) is 7.79. The lowest BCUT2D eigenvalue weighted by Crippen LogP contribution is -2.51. The fourth-order valence-electron chi connectivity index (χ4n) is 3.57. The maximum atomic E-state index is 13.0. The number of ether oxygens (including phenoxy) is 1. The molecular formula is C16H22FN3O2. The third-order valence-electron chi connectivity index (χ3n) is 4.78. The van der Waals surface area contributed by atoms with Crippen LogP contribution in [0.3, 0.4) is 0 Å². The number of pyridine rings is 1. The minimum atomic E-state index is -0.336. The summed E-state index contributed by atoms with van der Waals surface area (Å²) < 4.78 is 18.1. The molecule has 1 amide bonds. The van der Waals surface area contributed by atoms with Gasteiger partial charge in [0, 0.05) is 33.3 Å². The molecule has 3 heterocycles. The number of amides is 1. The highest BCUT2D eigenvalue weighted by molar-refractivity contribution is 5.85. The van der Waals surface area contributed by atoms with Gasteiger partial charge in [-0.05, 0) is 31.4 Å². The van der Waals surface area contributed by atoms with Crippen molar-refractivity contribution in [1.29, 1.82) is 0 Å². The van der Waals surface area contributed by atoms with E-state index in [-0.39, 0.29) is 17.1 Å². The molecule has 1 spiro atoms. The third-order valence-corrected chi connectivity index (χ3v) is 4.78. The maximum Gasteiger partial charge on any atom is 0.230 e. The summed E-state index contributed by atoms with van der Waals surface area (Å²) >= 11 is 0. The molecule has 120 valence electrons. The number of halogens is 1. The van der Waals surface area contributed by atoms with Gasteiger partial charge in [-0.2, -0.15) is 0 Å². The van der Waals surface area contributed by atoms with E-state index in [1.54, 1.807) is 13.2 Å². The van der Waals surface area contributed by atoms with E-state index in [1.807, 2.05) is 4.90 Å². The molecule has 0 saturated carbocycles. The Bertz CT molecular complexity index is 537. The van der Waals surface area contributed by atoms with Crippen LogP contribution in [0.1, 0.15) is 19.3 Å². The molecular weight excluding hydrogens is 285 g/mol. The molecule has 0 aliphatic carbocycles. The van der Waals surface area contributed by atoms with Crippen molar-refractivity contribution in [1.82, 2.24) is 9.88 Å². The third kappa shape index (κ3) is 2.79. The lowest BCUT2D eigenvalue weighted by molar-refractivity contribution is -0.145. The molecule has 2 saturated heterocycles. The van der Waals surface area contributed by atoms with Gasteiger partial charge in [0.2, 0.25) is 5.91 Å². The lowest BCUT2D eigenvalue weighted by Gasteiger charge is -2.39. The van der Waals surface area contributed by atoms with Crippen LogP contribution >= 0.6 is 0 Å². The van der Waals surface area contributed by atoms with E-state index in [9.17, 15) is 9.18 Å². The van der Waals surface area contributed by atoms with Crippen LogP contribution in [0.4, 0.5) is 10.2 Å². The van der Waals surface area contributed by atoms with Crippen molar-refractivity contribution in [2.75, 3.05) is 44.8 Å². The Labute approximate surface area is 130 Å². The van der Waals surface area contributed by atoms with Gasteiger partial charge < -0.3 is 14.5 Å². The minimum Gasteiger partial charge on any atom is -0.383 e. The average Bonchev–Trinajstić information content (AvgIpc) is 2.95. The molecule has 5 nitrogen and oxygen atoms in total. The van der Waals surface area contributed by atoms with Gasteiger partial charge in [0.05, 0.1) is 18.2 Å².